The molecule has 0 radical (unpaired) electrons. The van der Waals surface area contributed by atoms with Crippen molar-refractivity contribution >= 4 is 23.2 Å². The van der Waals surface area contributed by atoms with E-state index in [9.17, 15) is 0 Å². The largest absolute Gasteiger partial charge is 0.327 e. The van der Waals surface area contributed by atoms with Gasteiger partial charge < -0.3 is 9.88 Å². The molecule has 0 saturated heterocycles. The smallest absolute Gasteiger partial charge is 0.0953 e. The van der Waals surface area contributed by atoms with Gasteiger partial charge in [-0.15, -0.1) is 0 Å². The predicted molar refractivity (Wildman–Crippen MR) is 88.0 cm³/mol. The van der Waals surface area contributed by atoms with E-state index in [1.807, 2.05) is 37.8 Å². The molecule has 1 aromatic carbocycles. The SMILES string of the molecule is CNC1CCC(n2cncc2-c2cc(Cl)ccc2Cl)CC1. The van der Waals surface area contributed by atoms with Gasteiger partial charge in [0.15, 0.2) is 0 Å². The van der Waals surface area contributed by atoms with Crippen LogP contribution in [0.2, 0.25) is 10.0 Å². The van der Waals surface area contributed by atoms with Crippen molar-refractivity contribution in [3.8, 4) is 11.3 Å². The van der Waals surface area contributed by atoms with Gasteiger partial charge in [0.05, 0.1) is 23.2 Å². The summed E-state index contributed by atoms with van der Waals surface area (Å²) in [5.41, 5.74) is 2.01. The summed E-state index contributed by atoms with van der Waals surface area (Å²) < 4.78 is 2.25. The number of aromatic nitrogens is 2. The Morgan fingerprint density at radius 2 is 1.95 bits per heavy atom. The fourth-order valence-electron chi connectivity index (χ4n) is 3.14. The summed E-state index contributed by atoms with van der Waals surface area (Å²) >= 11 is 12.4. The summed E-state index contributed by atoms with van der Waals surface area (Å²) in [4.78, 5) is 4.33. The Kier molecular flexibility index (Phi) is 4.53. The molecule has 2 aromatic rings. The average Bonchev–Trinajstić information content (AvgIpc) is 2.99. The Labute approximate surface area is 135 Å². The van der Waals surface area contributed by atoms with Crippen LogP contribution in [0.25, 0.3) is 11.3 Å². The van der Waals surface area contributed by atoms with Crippen LogP contribution >= 0.6 is 23.2 Å². The Hall–Kier alpha value is -1.03. The molecule has 5 heteroatoms. The third-order valence-electron chi connectivity index (χ3n) is 4.37. The number of hydrogen-bond acceptors (Lipinski definition) is 2. The number of benzene rings is 1. The first-order chi connectivity index (χ1) is 10.2. The van der Waals surface area contributed by atoms with Gasteiger partial charge in [-0.25, -0.2) is 4.98 Å². The minimum absolute atomic E-state index is 0.488. The van der Waals surface area contributed by atoms with Crippen molar-refractivity contribution in [3.05, 3.63) is 40.8 Å². The maximum atomic E-state index is 6.33. The van der Waals surface area contributed by atoms with E-state index < -0.39 is 0 Å². The lowest BCUT2D eigenvalue weighted by molar-refractivity contribution is 0.302. The van der Waals surface area contributed by atoms with Crippen LogP contribution in [0.5, 0.6) is 0 Å². The number of nitrogens with zero attached hydrogens (tertiary/aromatic N) is 2. The van der Waals surface area contributed by atoms with Gasteiger partial charge in [-0.2, -0.15) is 0 Å². The van der Waals surface area contributed by atoms with Crippen LogP contribution in [0, 0.1) is 0 Å². The second-order valence-electron chi connectivity index (χ2n) is 5.60. The average molecular weight is 324 g/mol. The molecule has 21 heavy (non-hydrogen) atoms. The van der Waals surface area contributed by atoms with Crippen molar-refractivity contribution in [2.45, 2.75) is 37.8 Å². The summed E-state index contributed by atoms with van der Waals surface area (Å²) in [5.74, 6) is 0. The highest BCUT2D eigenvalue weighted by molar-refractivity contribution is 6.35. The van der Waals surface area contributed by atoms with Crippen LogP contribution in [0.1, 0.15) is 31.7 Å². The summed E-state index contributed by atoms with van der Waals surface area (Å²) in [7, 11) is 2.04. The van der Waals surface area contributed by atoms with Gasteiger partial charge >= 0.3 is 0 Å². The van der Waals surface area contributed by atoms with Gasteiger partial charge in [-0.3, -0.25) is 0 Å². The van der Waals surface area contributed by atoms with Crippen molar-refractivity contribution in [1.29, 1.82) is 0 Å². The van der Waals surface area contributed by atoms with Crippen molar-refractivity contribution in [3.63, 3.8) is 0 Å². The molecule has 112 valence electrons. The van der Waals surface area contributed by atoms with E-state index in [0.717, 1.165) is 24.1 Å². The van der Waals surface area contributed by atoms with Crippen LogP contribution in [0.4, 0.5) is 0 Å². The van der Waals surface area contributed by atoms with E-state index in [4.69, 9.17) is 23.2 Å². The quantitative estimate of drug-likeness (QED) is 0.897. The normalized spacial score (nSPS) is 22.4. The standard InChI is InChI=1S/C16H19Cl2N3/c1-19-12-3-5-13(6-4-12)21-10-20-9-16(21)14-8-11(17)2-7-15(14)18/h2,7-10,12-13,19H,3-6H2,1H3. The zero-order valence-electron chi connectivity index (χ0n) is 12.0. The molecule has 0 bridgehead atoms. The predicted octanol–water partition coefficient (Wildman–Crippen LogP) is 4.56. The fourth-order valence-corrected chi connectivity index (χ4v) is 3.53. The summed E-state index contributed by atoms with van der Waals surface area (Å²) in [6.45, 7) is 0. The summed E-state index contributed by atoms with van der Waals surface area (Å²) in [6.07, 6.45) is 8.50. The van der Waals surface area contributed by atoms with Crippen LogP contribution in [-0.2, 0) is 0 Å². The summed E-state index contributed by atoms with van der Waals surface area (Å²) in [5, 5.41) is 4.78. The van der Waals surface area contributed by atoms with Gasteiger partial charge in [0.1, 0.15) is 0 Å². The number of nitrogens with one attached hydrogen (secondary N) is 1. The van der Waals surface area contributed by atoms with E-state index in [2.05, 4.69) is 14.9 Å². The molecule has 1 aliphatic carbocycles. The molecule has 0 spiro atoms. The molecule has 1 fully saturated rings. The molecule has 0 unspecified atom stereocenters. The molecule has 0 amide bonds. The Balaban J connectivity index is 1.89. The lowest BCUT2D eigenvalue weighted by Gasteiger charge is -2.30. The first-order valence-corrected chi connectivity index (χ1v) is 8.09. The Bertz CT molecular complexity index is 616. The van der Waals surface area contributed by atoms with Gasteiger partial charge in [-0.1, -0.05) is 23.2 Å². The van der Waals surface area contributed by atoms with Crippen LogP contribution in [0.3, 0.4) is 0 Å². The minimum Gasteiger partial charge on any atom is -0.327 e. The van der Waals surface area contributed by atoms with Gasteiger partial charge in [0.25, 0.3) is 0 Å². The number of halogens is 2. The fraction of sp³-hybridized carbons (Fsp3) is 0.438. The first-order valence-electron chi connectivity index (χ1n) is 7.33. The van der Waals surface area contributed by atoms with Crippen molar-refractivity contribution in [1.82, 2.24) is 14.9 Å². The summed E-state index contributed by atoms with van der Waals surface area (Å²) in [6, 6.07) is 6.70. The zero-order valence-corrected chi connectivity index (χ0v) is 13.5. The monoisotopic (exact) mass is 323 g/mol. The maximum absolute atomic E-state index is 6.33. The number of rotatable bonds is 3. The Morgan fingerprint density at radius 3 is 2.67 bits per heavy atom. The van der Waals surface area contributed by atoms with Crippen molar-refractivity contribution in [2.24, 2.45) is 0 Å². The highest BCUT2D eigenvalue weighted by atomic mass is 35.5. The molecule has 1 aromatic heterocycles. The third-order valence-corrected chi connectivity index (χ3v) is 4.93. The Morgan fingerprint density at radius 1 is 1.19 bits per heavy atom. The van der Waals surface area contributed by atoms with E-state index in [-0.39, 0.29) is 0 Å². The van der Waals surface area contributed by atoms with Crippen LogP contribution in [-0.4, -0.2) is 22.6 Å². The van der Waals surface area contributed by atoms with Gasteiger partial charge in [0, 0.05) is 22.7 Å². The second kappa shape index (κ2) is 6.39. The molecular formula is C16H19Cl2N3. The molecule has 0 atom stereocenters. The van der Waals surface area contributed by atoms with Crippen LogP contribution in [0.15, 0.2) is 30.7 Å². The zero-order chi connectivity index (χ0) is 14.8. The van der Waals surface area contributed by atoms with Gasteiger partial charge in [-0.05, 0) is 50.9 Å². The molecule has 1 aliphatic rings. The first kappa shape index (κ1) is 14.9. The van der Waals surface area contributed by atoms with E-state index in [0.29, 0.717) is 22.1 Å². The highest BCUT2D eigenvalue weighted by Gasteiger charge is 2.23. The third kappa shape index (κ3) is 3.10. The molecule has 3 rings (SSSR count). The van der Waals surface area contributed by atoms with E-state index in [1.54, 1.807) is 0 Å². The number of imidazole rings is 1. The second-order valence-corrected chi connectivity index (χ2v) is 6.45. The molecule has 1 saturated carbocycles. The maximum Gasteiger partial charge on any atom is 0.0953 e. The molecular weight excluding hydrogens is 305 g/mol. The topological polar surface area (TPSA) is 29.9 Å². The van der Waals surface area contributed by atoms with Crippen molar-refractivity contribution in [2.75, 3.05) is 7.05 Å². The van der Waals surface area contributed by atoms with Crippen molar-refractivity contribution < 1.29 is 0 Å². The molecule has 3 nitrogen and oxygen atoms in total. The molecule has 1 heterocycles. The van der Waals surface area contributed by atoms with E-state index >= 15 is 0 Å². The minimum atomic E-state index is 0.488. The highest BCUT2D eigenvalue weighted by Crippen LogP contribution is 2.35. The van der Waals surface area contributed by atoms with Crippen LogP contribution < -0.4 is 5.32 Å². The molecule has 1 N–H and O–H groups in total. The lowest BCUT2D eigenvalue weighted by Crippen LogP contribution is -2.31. The molecule has 0 aliphatic heterocycles. The lowest BCUT2D eigenvalue weighted by atomic mass is 9.91. The van der Waals surface area contributed by atoms with E-state index in [1.165, 1.54) is 12.8 Å². The van der Waals surface area contributed by atoms with Gasteiger partial charge in [0.2, 0.25) is 0 Å². The number of hydrogen-bond donors (Lipinski definition) is 1.